The maximum Gasteiger partial charge on any atom is 0.135 e. The number of rotatable bonds is 8. The first-order chi connectivity index (χ1) is 9.04. The van der Waals surface area contributed by atoms with Crippen LogP contribution in [0.5, 0.6) is 0 Å². The zero-order valence-corrected chi connectivity index (χ0v) is 12.5. The van der Waals surface area contributed by atoms with Crippen molar-refractivity contribution in [3.05, 3.63) is 11.9 Å². The predicted molar refractivity (Wildman–Crippen MR) is 79.6 cm³/mol. The first-order valence-corrected chi connectivity index (χ1v) is 7.00. The van der Waals surface area contributed by atoms with Gasteiger partial charge in [0.15, 0.2) is 0 Å². The van der Waals surface area contributed by atoms with Crippen LogP contribution in [0.25, 0.3) is 0 Å². The van der Waals surface area contributed by atoms with Crippen molar-refractivity contribution in [3.63, 3.8) is 0 Å². The molecule has 0 bridgehead atoms. The van der Waals surface area contributed by atoms with Crippen LogP contribution in [0.4, 0.5) is 11.6 Å². The van der Waals surface area contributed by atoms with E-state index < -0.39 is 5.54 Å². The lowest BCUT2D eigenvalue weighted by atomic mass is 10.1. The van der Waals surface area contributed by atoms with Crippen molar-refractivity contribution >= 4 is 11.6 Å². The highest BCUT2D eigenvalue weighted by Crippen LogP contribution is 2.24. The number of hydrogen-bond acceptors (Lipinski definition) is 5. The van der Waals surface area contributed by atoms with Gasteiger partial charge in [0.25, 0.3) is 0 Å². The molecule has 0 unspecified atom stereocenters. The van der Waals surface area contributed by atoms with Gasteiger partial charge in [0, 0.05) is 12.1 Å². The third-order valence-corrected chi connectivity index (χ3v) is 2.84. The summed E-state index contributed by atoms with van der Waals surface area (Å²) in [5, 5.41) is 16.0. The molecule has 0 aliphatic rings. The fourth-order valence-electron chi connectivity index (χ4n) is 1.76. The second-order valence-electron chi connectivity index (χ2n) is 5.39. The van der Waals surface area contributed by atoms with Crippen molar-refractivity contribution in [1.82, 2.24) is 9.97 Å². The summed E-state index contributed by atoms with van der Waals surface area (Å²) in [6.45, 7) is 9.12. The van der Waals surface area contributed by atoms with Crippen LogP contribution in [-0.2, 0) is 6.42 Å². The summed E-state index contributed by atoms with van der Waals surface area (Å²) < 4.78 is 0. The zero-order chi connectivity index (χ0) is 14.3. The van der Waals surface area contributed by atoms with Crippen molar-refractivity contribution in [2.24, 2.45) is 0 Å². The average molecular weight is 266 g/mol. The molecule has 1 aromatic heterocycles. The van der Waals surface area contributed by atoms with Crippen LogP contribution in [0.15, 0.2) is 6.33 Å². The molecule has 5 heteroatoms. The number of nitrogens with one attached hydrogen (secondary N) is 2. The van der Waals surface area contributed by atoms with Crippen molar-refractivity contribution in [2.45, 2.75) is 52.5 Å². The van der Waals surface area contributed by atoms with Gasteiger partial charge >= 0.3 is 0 Å². The fraction of sp³-hybridized carbons (Fsp3) is 0.714. The predicted octanol–water partition coefficient (Wildman–Crippen LogP) is 2.43. The van der Waals surface area contributed by atoms with E-state index in [9.17, 15) is 5.11 Å². The molecule has 0 aromatic carbocycles. The minimum atomic E-state index is -0.390. The average Bonchev–Trinajstić information content (AvgIpc) is 2.39. The Morgan fingerprint density at radius 2 is 1.84 bits per heavy atom. The van der Waals surface area contributed by atoms with Crippen molar-refractivity contribution in [3.8, 4) is 0 Å². The molecule has 0 fully saturated rings. The molecule has 19 heavy (non-hydrogen) atoms. The van der Waals surface area contributed by atoms with Crippen LogP contribution in [0.3, 0.4) is 0 Å². The zero-order valence-electron chi connectivity index (χ0n) is 12.5. The summed E-state index contributed by atoms with van der Waals surface area (Å²) in [6, 6.07) is 0. The van der Waals surface area contributed by atoms with Gasteiger partial charge in [-0.2, -0.15) is 0 Å². The van der Waals surface area contributed by atoms with Crippen molar-refractivity contribution in [2.75, 3.05) is 23.8 Å². The normalized spacial score (nSPS) is 11.4. The van der Waals surface area contributed by atoms with Crippen LogP contribution >= 0.6 is 0 Å². The Balaban J connectivity index is 3.01. The number of hydrogen-bond donors (Lipinski definition) is 3. The second kappa shape index (κ2) is 7.28. The molecule has 1 aromatic rings. The minimum absolute atomic E-state index is 0.0558. The standard InChI is InChI=1S/C14H26N4O/c1-5-7-11-12(15-8-6-2)16-10-17-13(11)18-14(3,4)9-19/h10,19H,5-9H2,1-4H3,(H2,15,16,17,18). The van der Waals surface area contributed by atoms with E-state index in [0.29, 0.717) is 0 Å². The molecule has 1 rings (SSSR count). The van der Waals surface area contributed by atoms with Crippen molar-refractivity contribution in [1.29, 1.82) is 0 Å². The van der Waals surface area contributed by atoms with Gasteiger partial charge in [-0.05, 0) is 26.7 Å². The highest BCUT2D eigenvalue weighted by Gasteiger charge is 2.19. The van der Waals surface area contributed by atoms with Crippen LogP contribution < -0.4 is 10.6 Å². The second-order valence-corrected chi connectivity index (χ2v) is 5.39. The van der Waals surface area contributed by atoms with Gasteiger partial charge < -0.3 is 15.7 Å². The Kier molecular flexibility index (Phi) is 6.02. The summed E-state index contributed by atoms with van der Waals surface area (Å²) >= 11 is 0. The van der Waals surface area contributed by atoms with Gasteiger partial charge in [-0.15, -0.1) is 0 Å². The Bertz CT molecular complexity index is 393. The van der Waals surface area contributed by atoms with E-state index in [1.54, 1.807) is 6.33 Å². The van der Waals surface area contributed by atoms with E-state index in [4.69, 9.17) is 0 Å². The molecule has 1 heterocycles. The largest absolute Gasteiger partial charge is 0.394 e. The lowest BCUT2D eigenvalue weighted by Crippen LogP contribution is -2.36. The van der Waals surface area contributed by atoms with E-state index in [1.165, 1.54) is 0 Å². The molecular formula is C14H26N4O. The molecule has 0 saturated heterocycles. The lowest BCUT2D eigenvalue weighted by Gasteiger charge is -2.26. The van der Waals surface area contributed by atoms with E-state index >= 15 is 0 Å². The third-order valence-electron chi connectivity index (χ3n) is 2.84. The van der Waals surface area contributed by atoms with Gasteiger partial charge in [0.05, 0.1) is 12.1 Å². The van der Waals surface area contributed by atoms with Crippen LogP contribution in [0.2, 0.25) is 0 Å². The molecular weight excluding hydrogens is 240 g/mol. The molecule has 0 aliphatic carbocycles. The molecule has 108 valence electrons. The van der Waals surface area contributed by atoms with E-state index in [2.05, 4.69) is 34.4 Å². The maximum atomic E-state index is 9.37. The lowest BCUT2D eigenvalue weighted by molar-refractivity contribution is 0.233. The Morgan fingerprint density at radius 1 is 1.16 bits per heavy atom. The van der Waals surface area contributed by atoms with Gasteiger partial charge in [0.2, 0.25) is 0 Å². The van der Waals surface area contributed by atoms with Gasteiger partial charge in [-0.25, -0.2) is 9.97 Å². The number of nitrogens with zero attached hydrogens (tertiary/aromatic N) is 2. The molecule has 0 atom stereocenters. The molecule has 0 amide bonds. The summed E-state index contributed by atoms with van der Waals surface area (Å²) in [4.78, 5) is 8.65. The monoisotopic (exact) mass is 266 g/mol. The Labute approximate surface area is 115 Å². The van der Waals surface area contributed by atoms with Crippen LogP contribution in [-0.4, -0.2) is 33.8 Å². The summed E-state index contributed by atoms with van der Waals surface area (Å²) in [5.74, 6) is 1.71. The number of aromatic nitrogens is 2. The minimum Gasteiger partial charge on any atom is -0.394 e. The smallest absolute Gasteiger partial charge is 0.135 e. The van der Waals surface area contributed by atoms with Crippen LogP contribution in [0.1, 0.15) is 46.1 Å². The van der Waals surface area contributed by atoms with Crippen molar-refractivity contribution < 1.29 is 5.11 Å². The first-order valence-electron chi connectivity index (χ1n) is 7.00. The SMILES string of the molecule is CCCNc1ncnc(NC(C)(C)CO)c1CCC. The van der Waals surface area contributed by atoms with Gasteiger partial charge in [-0.3, -0.25) is 0 Å². The molecule has 0 radical (unpaired) electrons. The fourth-order valence-corrected chi connectivity index (χ4v) is 1.76. The van der Waals surface area contributed by atoms with Gasteiger partial charge in [0.1, 0.15) is 18.0 Å². The number of aliphatic hydroxyl groups is 1. The summed E-state index contributed by atoms with van der Waals surface area (Å²) in [7, 11) is 0. The highest BCUT2D eigenvalue weighted by molar-refractivity contribution is 5.58. The molecule has 3 N–H and O–H groups in total. The highest BCUT2D eigenvalue weighted by atomic mass is 16.3. The van der Waals surface area contributed by atoms with Crippen LogP contribution in [0, 0.1) is 0 Å². The maximum absolute atomic E-state index is 9.37. The molecule has 0 aliphatic heterocycles. The summed E-state index contributed by atoms with van der Waals surface area (Å²) in [6.07, 6.45) is 4.56. The number of aliphatic hydroxyl groups excluding tert-OH is 1. The Morgan fingerprint density at radius 3 is 2.42 bits per heavy atom. The summed E-state index contributed by atoms with van der Waals surface area (Å²) in [5.41, 5.74) is 0.707. The Hall–Kier alpha value is -1.36. The van der Waals surface area contributed by atoms with E-state index in [-0.39, 0.29) is 6.61 Å². The molecule has 0 saturated carbocycles. The molecule has 5 nitrogen and oxygen atoms in total. The van der Waals surface area contributed by atoms with Gasteiger partial charge in [-0.1, -0.05) is 20.3 Å². The van der Waals surface area contributed by atoms with E-state index in [0.717, 1.165) is 43.0 Å². The van der Waals surface area contributed by atoms with E-state index in [1.807, 2.05) is 13.8 Å². The molecule has 0 spiro atoms. The topological polar surface area (TPSA) is 70.1 Å². The number of anilines is 2. The third kappa shape index (κ3) is 4.67. The quantitative estimate of drug-likeness (QED) is 0.674. The first kappa shape index (κ1) is 15.7.